The molecule has 0 aliphatic carbocycles. The molecule has 2 atom stereocenters. The third-order valence-electron chi connectivity index (χ3n) is 4.02. The van der Waals surface area contributed by atoms with Gasteiger partial charge >= 0.3 is 0 Å². The fourth-order valence-electron chi connectivity index (χ4n) is 2.62. The molecular weight excluding hydrogens is 254 g/mol. The van der Waals surface area contributed by atoms with Gasteiger partial charge in [0.15, 0.2) is 0 Å². The second-order valence-electron chi connectivity index (χ2n) is 5.47. The molecule has 1 aliphatic rings. The van der Waals surface area contributed by atoms with Crippen molar-refractivity contribution in [3.05, 3.63) is 23.8 Å². The summed E-state index contributed by atoms with van der Waals surface area (Å²) in [4.78, 5) is 12.3. The van der Waals surface area contributed by atoms with Crippen molar-refractivity contribution >= 4 is 16.9 Å². The van der Waals surface area contributed by atoms with E-state index >= 15 is 0 Å². The van der Waals surface area contributed by atoms with Crippen LogP contribution >= 0.6 is 0 Å². The number of nitrogens with one attached hydrogen (secondary N) is 2. The lowest BCUT2D eigenvalue weighted by molar-refractivity contribution is 0.0915. The molecule has 6 nitrogen and oxygen atoms in total. The van der Waals surface area contributed by atoms with Gasteiger partial charge in [-0.15, -0.1) is 5.10 Å². The number of aryl methyl sites for hydroxylation is 1. The highest BCUT2D eigenvalue weighted by atomic mass is 16.1. The molecule has 0 spiro atoms. The van der Waals surface area contributed by atoms with E-state index in [1.807, 2.05) is 19.2 Å². The zero-order valence-electron chi connectivity index (χ0n) is 11.8. The summed E-state index contributed by atoms with van der Waals surface area (Å²) in [7, 11) is 1.84. The van der Waals surface area contributed by atoms with Gasteiger partial charge in [-0.25, -0.2) is 4.68 Å². The van der Waals surface area contributed by atoms with Crippen LogP contribution in [0.5, 0.6) is 0 Å². The Morgan fingerprint density at radius 2 is 2.35 bits per heavy atom. The fourth-order valence-corrected chi connectivity index (χ4v) is 2.62. The van der Waals surface area contributed by atoms with Crippen LogP contribution in [0.3, 0.4) is 0 Å². The summed E-state index contributed by atoms with van der Waals surface area (Å²) in [5, 5.41) is 14.4. The molecule has 0 saturated carbocycles. The standard InChI is InChI=1S/C14H19N5O/c1-9-5-6-15-8-12(9)16-14(20)10-3-4-13-11(7-10)17-18-19(13)2/h3-4,7,9,12,15H,5-6,8H2,1-2H3,(H,16,20). The van der Waals surface area contributed by atoms with Crippen LogP contribution < -0.4 is 10.6 Å². The Morgan fingerprint density at radius 3 is 3.15 bits per heavy atom. The fraction of sp³-hybridized carbons (Fsp3) is 0.500. The molecule has 1 saturated heterocycles. The number of hydrogen-bond donors (Lipinski definition) is 2. The van der Waals surface area contributed by atoms with E-state index in [1.54, 1.807) is 10.7 Å². The Labute approximate surface area is 117 Å². The predicted octanol–water partition coefficient (Wildman–Crippen LogP) is 0.696. The molecule has 1 fully saturated rings. The van der Waals surface area contributed by atoms with Crippen LogP contribution in [0.25, 0.3) is 11.0 Å². The van der Waals surface area contributed by atoms with Crippen molar-refractivity contribution in [3.8, 4) is 0 Å². The molecule has 6 heteroatoms. The molecule has 106 valence electrons. The van der Waals surface area contributed by atoms with E-state index in [0.717, 1.165) is 30.5 Å². The molecule has 0 radical (unpaired) electrons. The van der Waals surface area contributed by atoms with Crippen LogP contribution in [0.4, 0.5) is 0 Å². The van der Waals surface area contributed by atoms with Crippen molar-refractivity contribution in [1.82, 2.24) is 25.6 Å². The van der Waals surface area contributed by atoms with Crippen molar-refractivity contribution < 1.29 is 4.79 Å². The third-order valence-corrected chi connectivity index (χ3v) is 4.02. The lowest BCUT2D eigenvalue weighted by Gasteiger charge is -2.30. The zero-order chi connectivity index (χ0) is 14.1. The van der Waals surface area contributed by atoms with Gasteiger partial charge in [-0.3, -0.25) is 4.79 Å². The average molecular weight is 273 g/mol. The number of carbonyl (C=O) groups excluding carboxylic acids is 1. The molecule has 1 aromatic heterocycles. The molecule has 0 bridgehead atoms. The molecular formula is C14H19N5O. The van der Waals surface area contributed by atoms with Crippen LogP contribution in [0.1, 0.15) is 23.7 Å². The van der Waals surface area contributed by atoms with Gasteiger partial charge in [0.1, 0.15) is 5.52 Å². The number of benzene rings is 1. The third kappa shape index (κ3) is 2.38. The summed E-state index contributed by atoms with van der Waals surface area (Å²) >= 11 is 0. The number of nitrogens with zero attached hydrogens (tertiary/aromatic N) is 3. The SMILES string of the molecule is CC1CCNCC1NC(=O)c1ccc2c(c1)nnn2C. The smallest absolute Gasteiger partial charge is 0.251 e. The van der Waals surface area contributed by atoms with Crippen molar-refractivity contribution in [2.75, 3.05) is 13.1 Å². The number of amides is 1. The zero-order valence-corrected chi connectivity index (χ0v) is 11.8. The molecule has 1 aromatic carbocycles. The maximum absolute atomic E-state index is 12.3. The minimum atomic E-state index is -0.0434. The highest BCUT2D eigenvalue weighted by Gasteiger charge is 2.23. The van der Waals surface area contributed by atoms with E-state index in [1.165, 1.54) is 0 Å². The largest absolute Gasteiger partial charge is 0.348 e. The van der Waals surface area contributed by atoms with E-state index in [2.05, 4.69) is 27.9 Å². The highest BCUT2D eigenvalue weighted by Crippen LogP contribution is 2.15. The predicted molar refractivity (Wildman–Crippen MR) is 76.4 cm³/mol. The minimum absolute atomic E-state index is 0.0434. The lowest BCUT2D eigenvalue weighted by Crippen LogP contribution is -2.50. The quantitative estimate of drug-likeness (QED) is 0.845. The van der Waals surface area contributed by atoms with Gasteiger partial charge in [0.05, 0.1) is 5.52 Å². The van der Waals surface area contributed by atoms with Crippen molar-refractivity contribution in [3.63, 3.8) is 0 Å². The summed E-state index contributed by atoms with van der Waals surface area (Å²) in [6.45, 7) is 4.04. The summed E-state index contributed by atoms with van der Waals surface area (Å²) in [5.74, 6) is 0.457. The normalized spacial score (nSPS) is 22.9. The Bertz CT molecular complexity index is 636. The molecule has 1 amide bonds. The molecule has 2 heterocycles. The van der Waals surface area contributed by atoms with Crippen LogP contribution in [-0.2, 0) is 7.05 Å². The first-order chi connectivity index (χ1) is 9.65. The van der Waals surface area contributed by atoms with Crippen LogP contribution in [-0.4, -0.2) is 40.0 Å². The van der Waals surface area contributed by atoms with Crippen molar-refractivity contribution in [2.45, 2.75) is 19.4 Å². The van der Waals surface area contributed by atoms with Crippen LogP contribution in [0, 0.1) is 5.92 Å². The van der Waals surface area contributed by atoms with Gasteiger partial charge in [0, 0.05) is 25.2 Å². The van der Waals surface area contributed by atoms with Gasteiger partial charge in [0.25, 0.3) is 5.91 Å². The van der Waals surface area contributed by atoms with E-state index < -0.39 is 0 Å². The first-order valence-corrected chi connectivity index (χ1v) is 6.96. The van der Waals surface area contributed by atoms with Crippen molar-refractivity contribution in [2.24, 2.45) is 13.0 Å². The molecule has 1 aliphatic heterocycles. The van der Waals surface area contributed by atoms with Crippen LogP contribution in [0.15, 0.2) is 18.2 Å². The minimum Gasteiger partial charge on any atom is -0.348 e. The molecule has 3 rings (SSSR count). The van der Waals surface area contributed by atoms with Crippen LogP contribution in [0.2, 0.25) is 0 Å². The van der Waals surface area contributed by atoms with Crippen molar-refractivity contribution in [1.29, 1.82) is 0 Å². The highest BCUT2D eigenvalue weighted by molar-refractivity contribution is 5.97. The second-order valence-corrected chi connectivity index (χ2v) is 5.47. The first-order valence-electron chi connectivity index (χ1n) is 6.96. The molecule has 20 heavy (non-hydrogen) atoms. The monoisotopic (exact) mass is 273 g/mol. The average Bonchev–Trinajstić information content (AvgIpc) is 2.82. The maximum atomic E-state index is 12.3. The van der Waals surface area contributed by atoms with Gasteiger partial charge in [-0.05, 0) is 37.1 Å². The first kappa shape index (κ1) is 13.1. The summed E-state index contributed by atoms with van der Waals surface area (Å²) in [5.41, 5.74) is 2.31. The molecule has 2 unspecified atom stereocenters. The number of carbonyl (C=O) groups is 1. The molecule has 2 aromatic rings. The number of hydrogen-bond acceptors (Lipinski definition) is 4. The van der Waals surface area contributed by atoms with E-state index in [9.17, 15) is 4.79 Å². The number of piperidine rings is 1. The van der Waals surface area contributed by atoms with Gasteiger partial charge in [-0.2, -0.15) is 0 Å². The van der Waals surface area contributed by atoms with Gasteiger partial charge in [0.2, 0.25) is 0 Å². The molecule has 2 N–H and O–H groups in total. The topological polar surface area (TPSA) is 71.8 Å². The van der Waals surface area contributed by atoms with Gasteiger partial charge in [-0.1, -0.05) is 12.1 Å². The Hall–Kier alpha value is -1.95. The maximum Gasteiger partial charge on any atom is 0.251 e. The number of fused-ring (bicyclic) bond motifs is 1. The van der Waals surface area contributed by atoms with E-state index in [0.29, 0.717) is 11.5 Å². The Balaban J connectivity index is 1.78. The van der Waals surface area contributed by atoms with Gasteiger partial charge < -0.3 is 10.6 Å². The Morgan fingerprint density at radius 1 is 1.50 bits per heavy atom. The number of aromatic nitrogens is 3. The summed E-state index contributed by atoms with van der Waals surface area (Å²) in [6.07, 6.45) is 1.09. The number of rotatable bonds is 2. The second kappa shape index (κ2) is 5.20. The van der Waals surface area contributed by atoms with E-state index in [4.69, 9.17) is 0 Å². The van der Waals surface area contributed by atoms with E-state index in [-0.39, 0.29) is 11.9 Å². The summed E-state index contributed by atoms with van der Waals surface area (Å²) in [6, 6.07) is 5.68. The summed E-state index contributed by atoms with van der Waals surface area (Å²) < 4.78 is 1.70. The Kier molecular flexibility index (Phi) is 3.40. The lowest BCUT2D eigenvalue weighted by atomic mass is 9.94.